The van der Waals surface area contributed by atoms with Gasteiger partial charge in [0.1, 0.15) is 0 Å². The summed E-state index contributed by atoms with van der Waals surface area (Å²) in [6.45, 7) is 0. The quantitative estimate of drug-likeness (QED) is 0.526. The van der Waals surface area contributed by atoms with Crippen molar-refractivity contribution in [3.8, 4) is 0 Å². The third-order valence-corrected chi connectivity index (χ3v) is 5.70. The molecule has 128 valence electrons. The van der Waals surface area contributed by atoms with Crippen molar-refractivity contribution in [1.29, 1.82) is 0 Å². The number of rotatable bonds is 6. The minimum absolute atomic E-state index is 0.0765. The molecule has 1 heterocycles. The van der Waals surface area contributed by atoms with Gasteiger partial charge in [-0.3, -0.25) is 4.79 Å². The maximum atomic E-state index is 12.1. The SMILES string of the molecule is O=C(CSc1ccc(Cl)cc1)Nc1ncc(Cc2ccc(Cl)cc2)s1. The monoisotopic (exact) mass is 408 g/mol. The molecule has 0 fully saturated rings. The molecule has 1 amide bonds. The van der Waals surface area contributed by atoms with Gasteiger partial charge in [0, 0.05) is 32.4 Å². The second kappa shape index (κ2) is 8.72. The summed E-state index contributed by atoms with van der Waals surface area (Å²) in [5.74, 6) is 0.251. The minimum atomic E-state index is -0.0765. The number of hydrogen-bond donors (Lipinski definition) is 1. The zero-order chi connectivity index (χ0) is 17.6. The summed E-state index contributed by atoms with van der Waals surface area (Å²) in [6.07, 6.45) is 2.56. The van der Waals surface area contributed by atoms with Gasteiger partial charge >= 0.3 is 0 Å². The van der Waals surface area contributed by atoms with Gasteiger partial charge in [-0.25, -0.2) is 4.98 Å². The molecule has 0 saturated carbocycles. The molecule has 0 spiro atoms. The Hall–Kier alpha value is -1.53. The summed E-state index contributed by atoms with van der Waals surface area (Å²) in [5, 5.41) is 4.86. The van der Waals surface area contributed by atoms with Gasteiger partial charge in [-0.15, -0.1) is 23.1 Å². The van der Waals surface area contributed by atoms with Crippen LogP contribution in [-0.2, 0) is 11.2 Å². The highest BCUT2D eigenvalue weighted by molar-refractivity contribution is 8.00. The third kappa shape index (κ3) is 5.75. The summed E-state index contributed by atoms with van der Waals surface area (Å²) < 4.78 is 0. The van der Waals surface area contributed by atoms with Gasteiger partial charge in [0.2, 0.25) is 5.91 Å². The van der Waals surface area contributed by atoms with E-state index >= 15 is 0 Å². The number of thioether (sulfide) groups is 1. The fourth-order valence-corrected chi connectivity index (χ4v) is 3.90. The van der Waals surface area contributed by atoms with E-state index in [-0.39, 0.29) is 5.91 Å². The number of thiazole rings is 1. The molecule has 0 saturated heterocycles. The number of nitrogens with one attached hydrogen (secondary N) is 1. The number of amides is 1. The first-order chi connectivity index (χ1) is 12.1. The minimum Gasteiger partial charge on any atom is -0.301 e. The fourth-order valence-electron chi connectivity index (χ4n) is 2.09. The number of benzene rings is 2. The van der Waals surface area contributed by atoms with Crippen molar-refractivity contribution in [2.45, 2.75) is 11.3 Å². The molecule has 3 nitrogen and oxygen atoms in total. The first-order valence-electron chi connectivity index (χ1n) is 7.46. The van der Waals surface area contributed by atoms with Gasteiger partial charge in [-0.2, -0.15) is 0 Å². The molecule has 0 bridgehead atoms. The molecule has 7 heteroatoms. The predicted octanol–water partition coefficient (Wildman–Crippen LogP) is 5.77. The van der Waals surface area contributed by atoms with Crippen molar-refractivity contribution < 1.29 is 4.79 Å². The van der Waals surface area contributed by atoms with Crippen molar-refractivity contribution in [2.75, 3.05) is 11.1 Å². The molecule has 1 N–H and O–H groups in total. The molecule has 2 aromatic carbocycles. The Bertz CT molecular complexity index is 848. The van der Waals surface area contributed by atoms with E-state index in [2.05, 4.69) is 10.3 Å². The lowest BCUT2D eigenvalue weighted by Crippen LogP contribution is -2.13. The molecular weight excluding hydrogens is 395 g/mol. The van der Waals surface area contributed by atoms with E-state index in [1.807, 2.05) is 48.5 Å². The van der Waals surface area contributed by atoms with Crippen LogP contribution >= 0.6 is 46.3 Å². The number of nitrogens with zero attached hydrogens (tertiary/aromatic N) is 1. The van der Waals surface area contributed by atoms with E-state index in [1.54, 1.807) is 6.20 Å². The fraction of sp³-hybridized carbons (Fsp3) is 0.111. The molecule has 0 atom stereocenters. The summed E-state index contributed by atoms with van der Waals surface area (Å²) in [4.78, 5) is 18.4. The standard InChI is InChI=1S/C18H14Cl2N2OS2/c19-13-3-1-12(2-4-13)9-16-10-21-18(25-16)22-17(23)11-24-15-7-5-14(20)6-8-15/h1-8,10H,9,11H2,(H,21,22,23). The second-order valence-electron chi connectivity index (χ2n) is 5.23. The maximum absolute atomic E-state index is 12.1. The zero-order valence-corrected chi connectivity index (χ0v) is 16.2. The van der Waals surface area contributed by atoms with Crippen molar-refractivity contribution in [1.82, 2.24) is 4.98 Å². The van der Waals surface area contributed by atoms with Crippen LogP contribution in [0.2, 0.25) is 10.0 Å². The number of anilines is 1. The van der Waals surface area contributed by atoms with Crippen LogP contribution in [0, 0.1) is 0 Å². The van der Waals surface area contributed by atoms with E-state index in [0.29, 0.717) is 15.9 Å². The van der Waals surface area contributed by atoms with Crippen LogP contribution in [0.4, 0.5) is 5.13 Å². The topological polar surface area (TPSA) is 42.0 Å². The number of carbonyl (C=O) groups excluding carboxylic acids is 1. The molecular formula is C18H14Cl2N2OS2. The van der Waals surface area contributed by atoms with Crippen LogP contribution in [-0.4, -0.2) is 16.6 Å². The van der Waals surface area contributed by atoms with E-state index < -0.39 is 0 Å². The maximum Gasteiger partial charge on any atom is 0.236 e. The smallest absolute Gasteiger partial charge is 0.236 e. The Kier molecular flexibility index (Phi) is 6.37. The summed E-state index contributed by atoms with van der Waals surface area (Å²) >= 11 is 14.7. The van der Waals surface area contributed by atoms with Gasteiger partial charge in [0.15, 0.2) is 5.13 Å². The molecule has 3 rings (SSSR count). The molecule has 0 aliphatic carbocycles. The van der Waals surface area contributed by atoms with Gasteiger partial charge in [0.05, 0.1) is 5.75 Å². The van der Waals surface area contributed by atoms with Crippen molar-refractivity contribution in [2.24, 2.45) is 0 Å². The average Bonchev–Trinajstić information content (AvgIpc) is 3.03. The molecule has 0 aliphatic heterocycles. The number of carbonyl (C=O) groups is 1. The van der Waals surface area contributed by atoms with Gasteiger partial charge in [0.25, 0.3) is 0 Å². The largest absolute Gasteiger partial charge is 0.301 e. The van der Waals surface area contributed by atoms with Crippen LogP contribution in [0.5, 0.6) is 0 Å². The Morgan fingerprint density at radius 3 is 2.36 bits per heavy atom. The lowest BCUT2D eigenvalue weighted by molar-refractivity contribution is -0.113. The predicted molar refractivity (Wildman–Crippen MR) is 107 cm³/mol. The normalized spacial score (nSPS) is 10.6. The Balaban J connectivity index is 1.51. The molecule has 3 aromatic rings. The van der Waals surface area contributed by atoms with Crippen LogP contribution in [0.15, 0.2) is 59.6 Å². The highest BCUT2D eigenvalue weighted by Crippen LogP contribution is 2.23. The number of halogens is 2. The molecule has 1 aromatic heterocycles. The lowest BCUT2D eigenvalue weighted by Gasteiger charge is -2.02. The Morgan fingerprint density at radius 2 is 1.68 bits per heavy atom. The summed E-state index contributed by atoms with van der Waals surface area (Å²) in [5.41, 5.74) is 1.16. The average molecular weight is 409 g/mol. The van der Waals surface area contributed by atoms with Crippen molar-refractivity contribution in [3.63, 3.8) is 0 Å². The van der Waals surface area contributed by atoms with E-state index in [4.69, 9.17) is 23.2 Å². The van der Waals surface area contributed by atoms with Gasteiger partial charge in [-0.05, 0) is 42.0 Å². The number of aromatic nitrogens is 1. The summed E-state index contributed by atoms with van der Waals surface area (Å²) in [7, 11) is 0. The molecule has 25 heavy (non-hydrogen) atoms. The third-order valence-electron chi connectivity index (χ3n) is 3.28. The van der Waals surface area contributed by atoms with Crippen LogP contribution < -0.4 is 5.32 Å². The molecule has 0 aliphatic rings. The molecule has 0 radical (unpaired) electrons. The van der Waals surface area contributed by atoms with Gasteiger partial charge in [-0.1, -0.05) is 35.3 Å². The van der Waals surface area contributed by atoms with Crippen molar-refractivity contribution >= 4 is 57.3 Å². The van der Waals surface area contributed by atoms with E-state index in [0.717, 1.165) is 26.8 Å². The summed E-state index contributed by atoms with van der Waals surface area (Å²) in [6, 6.07) is 15.1. The van der Waals surface area contributed by atoms with Crippen LogP contribution in [0.25, 0.3) is 0 Å². The highest BCUT2D eigenvalue weighted by atomic mass is 35.5. The van der Waals surface area contributed by atoms with E-state index in [1.165, 1.54) is 23.1 Å². The first-order valence-corrected chi connectivity index (χ1v) is 10.0. The van der Waals surface area contributed by atoms with Crippen molar-refractivity contribution in [3.05, 3.63) is 75.2 Å². The lowest BCUT2D eigenvalue weighted by atomic mass is 10.1. The first kappa shape index (κ1) is 18.3. The molecule has 0 unspecified atom stereocenters. The van der Waals surface area contributed by atoms with Crippen LogP contribution in [0.1, 0.15) is 10.4 Å². The second-order valence-corrected chi connectivity index (χ2v) is 8.26. The highest BCUT2D eigenvalue weighted by Gasteiger charge is 2.08. The zero-order valence-electron chi connectivity index (χ0n) is 13.0. The van der Waals surface area contributed by atoms with Crippen LogP contribution in [0.3, 0.4) is 0 Å². The van der Waals surface area contributed by atoms with E-state index in [9.17, 15) is 4.79 Å². The Morgan fingerprint density at radius 1 is 1.04 bits per heavy atom. The number of hydrogen-bond acceptors (Lipinski definition) is 4. The Labute approximate surface area is 164 Å². The van der Waals surface area contributed by atoms with Gasteiger partial charge < -0.3 is 5.32 Å².